The molecular weight excluding hydrogens is 258 g/mol. The summed E-state index contributed by atoms with van der Waals surface area (Å²) in [6.45, 7) is 2.92. The Balaban J connectivity index is 2.08. The predicted octanol–water partition coefficient (Wildman–Crippen LogP) is 3.71. The molecule has 1 aromatic heterocycles. The largest absolute Gasteiger partial charge is 0.370 e. The standard InChI is InChI=1S/C18H25N3/c1-13-7-3-6-10-17(13)21(2)18-14(11-19)12-20-16-9-5-4-8-15(16)18/h4-5,8-9,12-13,17H,3,6-7,10-11,19H2,1-2H3. The van der Waals surface area contributed by atoms with E-state index in [1.807, 2.05) is 12.3 Å². The first-order chi connectivity index (χ1) is 10.2. The molecule has 0 saturated heterocycles. The fraction of sp³-hybridized carbons (Fsp3) is 0.500. The van der Waals surface area contributed by atoms with Gasteiger partial charge in [-0.25, -0.2) is 0 Å². The Kier molecular flexibility index (Phi) is 4.11. The second-order valence-electron chi connectivity index (χ2n) is 6.29. The number of anilines is 1. The van der Waals surface area contributed by atoms with Crippen LogP contribution in [0.4, 0.5) is 5.69 Å². The summed E-state index contributed by atoms with van der Waals surface area (Å²) >= 11 is 0. The zero-order valence-corrected chi connectivity index (χ0v) is 13.0. The van der Waals surface area contributed by atoms with Gasteiger partial charge in [0.2, 0.25) is 0 Å². The number of hydrogen-bond acceptors (Lipinski definition) is 3. The van der Waals surface area contributed by atoms with Gasteiger partial charge in [-0.2, -0.15) is 0 Å². The van der Waals surface area contributed by atoms with Crippen LogP contribution in [0.1, 0.15) is 38.2 Å². The summed E-state index contributed by atoms with van der Waals surface area (Å²) in [7, 11) is 2.23. The van der Waals surface area contributed by atoms with Crippen LogP contribution >= 0.6 is 0 Å². The van der Waals surface area contributed by atoms with Crippen molar-refractivity contribution in [3.8, 4) is 0 Å². The second kappa shape index (κ2) is 6.02. The molecular formula is C18H25N3. The van der Waals surface area contributed by atoms with Crippen molar-refractivity contribution in [3.63, 3.8) is 0 Å². The van der Waals surface area contributed by atoms with Crippen molar-refractivity contribution in [3.05, 3.63) is 36.0 Å². The molecule has 3 nitrogen and oxygen atoms in total. The van der Waals surface area contributed by atoms with Crippen molar-refractivity contribution in [1.29, 1.82) is 0 Å². The van der Waals surface area contributed by atoms with Gasteiger partial charge in [-0.1, -0.05) is 38.0 Å². The highest BCUT2D eigenvalue weighted by molar-refractivity contribution is 5.93. The molecule has 0 amide bonds. The normalized spacial score (nSPS) is 22.4. The third-order valence-electron chi connectivity index (χ3n) is 4.96. The fourth-order valence-electron chi connectivity index (χ4n) is 3.77. The molecule has 0 radical (unpaired) electrons. The number of benzene rings is 1. The number of rotatable bonds is 3. The molecule has 2 N–H and O–H groups in total. The van der Waals surface area contributed by atoms with E-state index in [1.54, 1.807) is 0 Å². The summed E-state index contributed by atoms with van der Waals surface area (Å²) in [5.74, 6) is 0.737. The van der Waals surface area contributed by atoms with Crippen LogP contribution in [0.15, 0.2) is 30.5 Å². The smallest absolute Gasteiger partial charge is 0.0723 e. The number of nitrogens with two attached hydrogens (primary N) is 1. The van der Waals surface area contributed by atoms with Gasteiger partial charge in [-0.05, 0) is 24.8 Å². The summed E-state index contributed by atoms with van der Waals surface area (Å²) in [4.78, 5) is 7.02. The lowest BCUT2D eigenvalue weighted by Crippen LogP contribution is -2.39. The van der Waals surface area contributed by atoms with E-state index in [2.05, 4.69) is 42.1 Å². The molecule has 2 atom stereocenters. The van der Waals surface area contributed by atoms with Crippen LogP contribution in [-0.2, 0) is 6.54 Å². The zero-order chi connectivity index (χ0) is 14.8. The highest BCUT2D eigenvalue weighted by Crippen LogP contribution is 2.35. The molecule has 1 aliphatic carbocycles. The van der Waals surface area contributed by atoms with Crippen molar-refractivity contribution < 1.29 is 0 Å². The first-order valence-electron chi connectivity index (χ1n) is 8.02. The molecule has 1 heterocycles. The first kappa shape index (κ1) is 14.3. The number of aromatic nitrogens is 1. The van der Waals surface area contributed by atoms with E-state index in [-0.39, 0.29) is 0 Å². The Morgan fingerprint density at radius 1 is 1.24 bits per heavy atom. The predicted molar refractivity (Wildman–Crippen MR) is 89.5 cm³/mol. The average molecular weight is 283 g/mol. The Morgan fingerprint density at radius 2 is 2.00 bits per heavy atom. The number of hydrogen-bond donors (Lipinski definition) is 1. The summed E-state index contributed by atoms with van der Waals surface area (Å²) in [5.41, 5.74) is 9.46. The molecule has 112 valence electrons. The molecule has 1 aliphatic rings. The third-order valence-corrected chi connectivity index (χ3v) is 4.96. The van der Waals surface area contributed by atoms with E-state index < -0.39 is 0 Å². The average Bonchev–Trinajstić information content (AvgIpc) is 2.53. The molecule has 1 fully saturated rings. The van der Waals surface area contributed by atoms with Gasteiger partial charge >= 0.3 is 0 Å². The number of nitrogens with zero attached hydrogens (tertiary/aromatic N) is 2. The maximum absolute atomic E-state index is 5.98. The lowest BCUT2D eigenvalue weighted by atomic mass is 9.84. The molecule has 1 saturated carbocycles. The highest BCUT2D eigenvalue weighted by Gasteiger charge is 2.27. The van der Waals surface area contributed by atoms with Gasteiger partial charge in [-0.15, -0.1) is 0 Å². The van der Waals surface area contributed by atoms with Crippen LogP contribution in [0.25, 0.3) is 10.9 Å². The van der Waals surface area contributed by atoms with Gasteiger partial charge in [0.25, 0.3) is 0 Å². The Hall–Kier alpha value is -1.61. The summed E-state index contributed by atoms with van der Waals surface area (Å²) < 4.78 is 0. The quantitative estimate of drug-likeness (QED) is 0.933. The number of fused-ring (bicyclic) bond motifs is 1. The molecule has 0 bridgehead atoms. The Labute approximate surface area is 127 Å². The van der Waals surface area contributed by atoms with Crippen molar-refractivity contribution >= 4 is 16.6 Å². The Morgan fingerprint density at radius 3 is 2.76 bits per heavy atom. The van der Waals surface area contributed by atoms with Crippen molar-refractivity contribution in [2.75, 3.05) is 11.9 Å². The molecule has 0 aliphatic heterocycles. The van der Waals surface area contributed by atoms with Gasteiger partial charge in [0.15, 0.2) is 0 Å². The van der Waals surface area contributed by atoms with Crippen LogP contribution in [0.2, 0.25) is 0 Å². The fourth-order valence-corrected chi connectivity index (χ4v) is 3.77. The SMILES string of the molecule is CC1CCCCC1N(C)c1c(CN)cnc2ccccc12. The summed E-state index contributed by atoms with van der Waals surface area (Å²) in [6.07, 6.45) is 7.25. The van der Waals surface area contributed by atoms with Crippen molar-refractivity contribution in [2.45, 2.75) is 45.2 Å². The van der Waals surface area contributed by atoms with Crippen molar-refractivity contribution in [1.82, 2.24) is 4.98 Å². The maximum Gasteiger partial charge on any atom is 0.0723 e. The molecule has 2 aromatic rings. The van der Waals surface area contributed by atoms with E-state index in [1.165, 1.54) is 36.8 Å². The lowest BCUT2D eigenvalue weighted by molar-refractivity contribution is 0.322. The topological polar surface area (TPSA) is 42.1 Å². The number of para-hydroxylation sites is 1. The summed E-state index contributed by atoms with van der Waals surface area (Å²) in [6, 6.07) is 8.99. The van der Waals surface area contributed by atoms with Crippen molar-refractivity contribution in [2.24, 2.45) is 11.7 Å². The minimum Gasteiger partial charge on any atom is -0.370 e. The molecule has 3 heteroatoms. The van der Waals surface area contributed by atoms with Gasteiger partial charge in [-0.3, -0.25) is 4.98 Å². The minimum absolute atomic E-state index is 0.540. The van der Waals surface area contributed by atoms with Crippen LogP contribution in [0.3, 0.4) is 0 Å². The van der Waals surface area contributed by atoms with E-state index >= 15 is 0 Å². The lowest BCUT2D eigenvalue weighted by Gasteiger charge is -2.39. The first-order valence-corrected chi connectivity index (χ1v) is 8.02. The maximum atomic E-state index is 5.98. The minimum atomic E-state index is 0.540. The second-order valence-corrected chi connectivity index (χ2v) is 6.29. The van der Waals surface area contributed by atoms with Gasteiger partial charge in [0, 0.05) is 36.8 Å². The monoisotopic (exact) mass is 283 g/mol. The molecule has 21 heavy (non-hydrogen) atoms. The summed E-state index contributed by atoms with van der Waals surface area (Å²) in [5, 5.41) is 1.22. The van der Waals surface area contributed by atoms with E-state index in [0.717, 1.165) is 17.0 Å². The van der Waals surface area contributed by atoms with Crippen LogP contribution < -0.4 is 10.6 Å². The van der Waals surface area contributed by atoms with Gasteiger partial charge in [0.1, 0.15) is 0 Å². The van der Waals surface area contributed by atoms with E-state index in [4.69, 9.17) is 5.73 Å². The molecule has 0 spiro atoms. The highest BCUT2D eigenvalue weighted by atomic mass is 15.1. The molecule has 2 unspecified atom stereocenters. The molecule has 3 rings (SSSR count). The molecule has 1 aromatic carbocycles. The third kappa shape index (κ3) is 2.62. The van der Waals surface area contributed by atoms with Crippen LogP contribution in [-0.4, -0.2) is 18.1 Å². The zero-order valence-electron chi connectivity index (χ0n) is 13.0. The van der Waals surface area contributed by atoms with E-state index in [9.17, 15) is 0 Å². The van der Waals surface area contributed by atoms with E-state index in [0.29, 0.717) is 12.6 Å². The number of pyridine rings is 1. The van der Waals surface area contributed by atoms with Gasteiger partial charge in [0.05, 0.1) is 11.2 Å². The van der Waals surface area contributed by atoms with Crippen LogP contribution in [0, 0.1) is 5.92 Å². The van der Waals surface area contributed by atoms with Gasteiger partial charge < -0.3 is 10.6 Å². The Bertz CT molecular complexity index is 623. The van der Waals surface area contributed by atoms with Crippen LogP contribution in [0.5, 0.6) is 0 Å².